The molecule has 1 aromatic heterocycles. The number of hydrogen-bond donors (Lipinski definition) is 1. The molecule has 0 radical (unpaired) electrons. The highest BCUT2D eigenvalue weighted by Gasteiger charge is 2.18. The van der Waals surface area contributed by atoms with Crippen molar-refractivity contribution in [1.82, 2.24) is 9.88 Å². The molecule has 17 heavy (non-hydrogen) atoms. The molecule has 1 amide bonds. The van der Waals surface area contributed by atoms with E-state index in [-0.39, 0.29) is 11.9 Å². The molecule has 0 aliphatic heterocycles. The number of amides is 1. The number of carbonyl (C=O) groups is 1. The summed E-state index contributed by atoms with van der Waals surface area (Å²) in [6, 6.07) is -0.388. The topological polar surface area (TPSA) is 59.2 Å². The van der Waals surface area contributed by atoms with Crippen LogP contribution in [0.25, 0.3) is 0 Å². The van der Waals surface area contributed by atoms with Gasteiger partial charge in [0.25, 0.3) is 0 Å². The van der Waals surface area contributed by atoms with Crippen LogP contribution in [0.5, 0.6) is 0 Å². The van der Waals surface area contributed by atoms with Crippen LogP contribution in [0.4, 0.5) is 0 Å². The molecule has 1 rings (SSSR count). The first kappa shape index (κ1) is 14.5. The van der Waals surface area contributed by atoms with E-state index in [1.807, 2.05) is 19.4 Å². The highest BCUT2D eigenvalue weighted by molar-refractivity contribution is 7.98. The monoisotopic (exact) mass is 273 g/mol. The number of carbonyl (C=O) groups excluding carboxylic acids is 1. The van der Waals surface area contributed by atoms with Gasteiger partial charge >= 0.3 is 0 Å². The summed E-state index contributed by atoms with van der Waals surface area (Å²) in [6.45, 7) is 2.55. The lowest BCUT2D eigenvalue weighted by Crippen LogP contribution is -2.41. The zero-order valence-electron chi connectivity index (χ0n) is 10.5. The second-order valence-corrected chi connectivity index (χ2v) is 6.23. The highest BCUT2D eigenvalue weighted by Crippen LogP contribution is 2.14. The van der Waals surface area contributed by atoms with E-state index in [2.05, 4.69) is 4.98 Å². The number of rotatable bonds is 6. The Hall–Kier alpha value is -0.590. The minimum Gasteiger partial charge on any atom is -0.339 e. The van der Waals surface area contributed by atoms with Crippen molar-refractivity contribution < 1.29 is 4.79 Å². The van der Waals surface area contributed by atoms with E-state index in [9.17, 15) is 4.79 Å². The number of hydrogen-bond acceptors (Lipinski definition) is 5. The van der Waals surface area contributed by atoms with Crippen molar-refractivity contribution in [2.24, 2.45) is 5.73 Å². The Balaban J connectivity index is 2.46. The van der Waals surface area contributed by atoms with E-state index in [1.165, 1.54) is 0 Å². The zero-order chi connectivity index (χ0) is 12.8. The minimum absolute atomic E-state index is 0.00473. The second kappa shape index (κ2) is 6.98. The first-order valence-corrected chi connectivity index (χ1v) is 7.66. The van der Waals surface area contributed by atoms with Crippen molar-refractivity contribution in [2.45, 2.75) is 25.9 Å². The van der Waals surface area contributed by atoms with Crippen LogP contribution >= 0.6 is 23.1 Å². The number of likely N-dealkylation sites (N-methyl/N-ethyl adjacent to an activating group) is 1. The predicted octanol–water partition coefficient (Wildman–Crippen LogP) is 1.49. The molecular weight excluding hydrogens is 254 g/mol. The predicted molar refractivity (Wildman–Crippen MR) is 74.3 cm³/mol. The van der Waals surface area contributed by atoms with E-state index < -0.39 is 0 Å². The van der Waals surface area contributed by atoms with Gasteiger partial charge in [-0.1, -0.05) is 0 Å². The van der Waals surface area contributed by atoms with Gasteiger partial charge in [-0.05, 0) is 25.4 Å². The van der Waals surface area contributed by atoms with Gasteiger partial charge in [-0.3, -0.25) is 4.79 Å². The molecule has 1 heterocycles. The molecule has 2 N–H and O–H groups in total. The standard InChI is InChI=1S/C11H19N3OS2/c1-8-13-6-9(17-8)7-14(2)11(15)10(12)4-5-16-3/h6,10H,4-5,7,12H2,1-3H3/t10-/m0/s1. The lowest BCUT2D eigenvalue weighted by molar-refractivity contribution is -0.131. The van der Waals surface area contributed by atoms with Gasteiger partial charge in [0.05, 0.1) is 17.6 Å². The first-order valence-electron chi connectivity index (χ1n) is 5.45. The van der Waals surface area contributed by atoms with Crippen LogP contribution in [0.1, 0.15) is 16.3 Å². The van der Waals surface area contributed by atoms with Crippen molar-refractivity contribution in [3.05, 3.63) is 16.1 Å². The van der Waals surface area contributed by atoms with Crippen molar-refractivity contribution in [1.29, 1.82) is 0 Å². The van der Waals surface area contributed by atoms with E-state index in [0.29, 0.717) is 6.54 Å². The van der Waals surface area contributed by atoms with Gasteiger partial charge in [0.1, 0.15) is 0 Å². The molecule has 0 spiro atoms. The van der Waals surface area contributed by atoms with Gasteiger partial charge in [0.2, 0.25) is 5.91 Å². The lowest BCUT2D eigenvalue weighted by Gasteiger charge is -2.20. The maximum absolute atomic E-state index is 11.9. The van der Waals surface area contributed by atoms with Gasteiger partial charge < -0.3 is 10.6 Å². The number of nitrogens with zero attached hydrogens (tertiary/aromatic N) is 2. The minimum atomic E-state index is -0.388. The number of thiazole rings is 1. The Morgan fingerprint density at radius 3 is 2.94 bits per heavy atom. The summed E-state index contributed by atoms with van der Waals surface area (Å²) < 4.78 is 0. The normalized spacial score (nSPS) is 12.5. The fourth-order valence-corrected chi connectivity index (χ4v) is 2.78. The number of thioether (sulfide) groups is 1. The third kappa shape index (κ3) is 4.65. The maximum atomic E-state index is 11.9. The molecule has 1 aromatic rings. The SMILES string of the molecule is CSCC[C@H](N)C(=O)N(C)Cc1cnc(C)s1. The van der Waals surface area contributed by atoms with Crippen molar-refractivity contribution in [3.63, 3.8) is 0 Å². The summed E-state index contributed by atoms with van der Waals surface area (Å²) >= 11 is 3.32. The van der Waals surface area contributed by atoms with Crippen LogP contribution in [-0.4, -0.2) is 40.9 Å². The third-order valence-electron chi connectivity index (χ3n) is 2.39. The van der Waals surface area contributed by atoms with Gasteiger partial charge in [0, 0.05) is 18.1 Å². The van der Waals surface area contributed by atoms with Crippen molar-refractivity contribution in [2.75, 3.05) is 19.1 Å². The quantitative estimate of drug-likeness (QED) is 0.853. The Morgan fingerprint density at radius 1 is 1.71 bits per heavy atom. The number of nitrogens with two attached hydrogens (primary N) is 1. The smallest absolute Gasteiger partial charge is 0.239 e. The first-order chi connectivity index (χ1) is 8.04. The zero-order valence-corrected chi connectivity index (χ0v) is 12.1. The molecular formula is C11H19N3OS2. The van der Waals surface area contributed by atoms with E-state index in [0.717, 1.165) is 22.1 Å². The third-order valence-corrected chi connectivity index (χ3v) is 3.93. The molecule has 0 fully saturated rings. The van der Waals surface area contributed by atoms with Gasteiger partial charge in [-0.15, -0.1) is 11.3 Å². The molecule has 6 heteroatoms. The molecule has 0 unspecified atom stereocenters. The molecule has 96 valence electrons. The fraction of sp³-hybridized carbons (Fsp3) is 0.636. The van der Waals surface area contributed by atoms with Crippen LogP contribution in [0.15, 0.2) is 6.20 Å². The molecule has 0 aromatic carbocycles. The summed E-state index contributed by atoms with van der Waals surface area (Å²) in [6.07, 6.45) is 4.56. The molecule has 0 aliphatic carbocycles. The van der Waals surface area contributed by atoms with Crippen molar-refractivity contribution >= 4 is 29.0 Å². The van der Waals surface area contributed by atoms with E-state index >= 15 is 0 Å². The Labute approximate surface area is 111 Å². The maximum Gasteiger partial charge on any atom is 0.239 e. The van der Waals surface area contributed by atoms with Crippen LogP contribution in [-0.2, 0) is 11.3 Å². The van der Waals surface area contributed by atoms with Crippen LogP contribution in [0.2, 0.25) is 0 Å². The summed E-state index contributed by atoms with van der Waals surface area (Å²) in [4.78, 5) is 18.9. The molecule has 0 saturated heterocycles. The van der Waals surface area contributed by atoms with Gasteiger partial charge in [0.15, 0.2) is 0 Å². The summed E-state index contributed by atoms with van der Waals surface area (Å²) in [5.74, 6) is 0.922. The molecule has 1 atom stereocenters. The fourth-order valence-electron chi connectivity index (χ4n) is 1.44. The van der Waals surface area contributed by atoms with Crippen LogP contribution in [0, 0.1) is 6.92 Å². The average Bonchev–Trinajstić information content (AvgIpc) is 2.70. The average molecular weight is 273 g/mol. The highest BCUT2D eigenvalue weighted by atomic mass is 32.2. The van der Waals surface area contributed by atoms with Gasteiger partial charge in [-0.25, -0.2) is 4.98 Å². The summed E-state index contributed by atoms with van der Waals surface area (Å²) in [7, 11) is 1.79. The Morgan fingerprint density at radius 2 is 2.41 bits per heavy atom. The summed E-state index contributed by atoms with van der Waals surface area (Å²) in [5, 5.41) is 1.02. The largest absolute Gasteiger partial charge is 0.339 e. The molecule has 4 nitrogen and oxygen atoms in total. The molecule has 0 saturated carbocycles. The molecule has 0 aliphatic rings. The van der Waals surface area contributed by atoms with Crippen molar-refractivity contribution in [3.8, 4) is 0 Å². The Kier molecular flexibility index (Phi) is 5.94. The second-order valence-electron chi connectivity index (χ2n) is 3.93. The van der Waals surface area contributed by atoms with Crippen LogP contribution < -0.4 is 5.73 Å². The molecule has 0 bridgehead atoms. The number of aryl methyl sites for hydroxylation is 1. The summed E-state index contributed by atoms with van der Waals surface area (Å²) in [5.41, 5.74) is 5.85. The number of aromatic nitrogens is 1. The lowest BCUT2D eigenvalue weighted by atomic mass is 10.2. The van der Waals surface area contributed by atoms with Crippen LogP contribution in [0.3, 0.4) is 0 Å². The Bertz CT molecular complexity index is 367. The van der Waals surface area contributed by atoms with E-state index in [1.54, 1.807) is 35.0 Å². The van der Waals surface area contributed by atoms with E-state index in [4.69, 9.17) is 5.73 Å². The van der Waals surface area contributed by atoms with Gasteiger partial charge in [-0.2, -0.15) is 11.8 Å².